The molecule has 0 fully saturated rings. The fraction of sp³-hybridized carbons (Fsp3) is 0.600. The fourth-order valence-corrected chi connectivity index (χ4v) is 2.46. The molecule has 1 aromatic rings. The molecule has 0 spiro atoms. The Hall–Kier alpha value is -2.08. The molecule has 0 saturated carbocycles. The quantitative estimate of drug-likeness (QED) is 0.613. The zero-order valence-corrected chi connectivity index (χ0v) is 16.6. The van der Waals surface area contributed by atoms with Crippen LogP contribution in [0.3, 0.4) is 0 Å². The van der Waals surface area contributed by atoms with Gasteiger partial charge in [0.25, 0.3) is 0 Å². The van der Waals surface area contributed by atoms with Crippen LogP contribution in [0.25, 0.3) is 0 Å². The summed E-state index contributed by atoms with van der Waals surface area (Å²) in [6, 6.07) is 6.98. The number of rotatable bonds is 11. The number of hydrogen-bond donors (Lipinski definition) is 1. The molecule has 146 valence electrons. The molecule has 1 aromatic carbocycles. The van der Waals surface area contributed by atoms with Gasteiger partial charge in [0, 0.05) is 26.1 Å². The molecule has 0 aliphatic carbocycles. The van der Waals surface area contributed by atoms with E-state index in [1.54, 1.807) is 25.9 Å². The summed E-state index contributed by atoms with van der Waals surface area (Å²) in [4.78, 5) is 26.4. The minimum Gasteiger partial charge on any atom is -0.497 e. The highest BCUT2D eigenvalue weighted by atomic mass is 16.5. The van der Waals surface area contributed by atoms with E-state index in [0.717, 1.165) is 17.7 Å². The van der Waals surface area contributed by atoms with Crippen LogP contribution in [0.15, 0.2) is 24.3 Å². The maximum absolute atomic E-state index is 12.4. The van der Waals surface area contributed by atoms with Gasteiger partial charge in [-0.1, -0.05) is 19.1 Å². The molecule has 0 heterocycles. The van der Waals surface area contributed by atoms with E-state index in [2.05, 4.69) is 5.32 Å². The third-order valence-corrected chi connectivity index (χ3v) is 4.05. The van der Waals surface area contributed by atoms with Gasteiger partial charge in [0.05, 0.1) is 13.2 Å². The van der Waals surface area contributed by atoms with E-state index in [0.29, 0.717) is 26.1 Å². The van der Waals surface area contributed by atoms with Gasteiger partial charge in [-0.15, -0.1) is 0 Å². The number of carbonyl (C=O) groups excluding carboxylic acids is 2. The maximum Gasteiger partial charge on any atom is 0.242 e. The van der Waals surface area contributed by atoms with Crippen LogP contribution >= 0.6 is 0 Å². The van der Waals surface area contributed by atoms with Crippen molar-refractivity contribution in [3.05, 3.63) is 29.8 Å². The molecule has 6 nitrogen and oxygen atoms in total. The van der Waals surface area contributed by atoms with Crippen molar-refractivity contribution in [3.63, 3.8) is 0 Å². The lowest BCUT2D eigenvalue weighted by molar-refractivity contribution is -0.140. The summed E-state index contributed by atoms with van der Waals surface area (Å²) < 4.78 is 10.6. The van der Waals surface area contributed by atoms with Gasteiger partial charge in [0.1, 0.15) is 11.8 Å². The largest absolute Gasteiger partial charge is 0.497 e. The molecule has 0 aliphatic rings. The molecule has 26 heavy (non-hydrogen) atoms. The molecular formula is C20H32N2O4. The van der Waals surface area contributed by atoms with Crippen molar-refractivity contribution in [2.75, 3.05) is 20.3 Å². The Morgan fingerprint density at radius 1 is 1.15 bits per heavy atom. The first kappa shape index (κ1) is 22.0. The van der Waals surface area contributed by atoms with E-state index in [4.69, 9.17) is 9.47 Å². The van der Waals surface area contributed by atoms with E-state index >= 15 is 0 Å². The van der Waals surface area contributed by atoms with Crippen molar-refractivity contribution >= 4 is 11.8 Å². The first-order chi connectivity index (χ1) is 12.4. The Bertz CT molecular complexity index is 557. The topological polar surface area (TPSA) is 67.9 Å². The molecule has 0 aliphatic heterocycles. The minimum atomic E-state index is -0.532. The van der Waals surface area contributed by atoms with Crippen LogP contribution in [-0.2, 0) is 20.9 Å². The molecule has 0 unspecified atom stereocenters. The number of nitrogens with zero attached hydrogens (tertiary/aromatic N) is 1. The molecule has 1 atom stereocenters. The average molecular weight is 364 g/mol. The van der Waals surface area contributed by atoms with Gasteiger partial charge in [-0.05, 0) is 44.9 Å². The number of methoxy groups -OCH3 is 1. The third kappa shape index (κ3) is 7.44. The van der Waals surface area contributed by atoms with Crippen LogP contribution in [-0.4, -0.2) is 49.1 Å². The van der Waals surface area contributed by atoms with Gasteiger partial charge in [-0.25, -0.2) is 0 Å². The number of ether oxygens (including phenoxy) is 2. The minimum absolute atomic E-state index is 0.0494. The van der Waals surface area contributed by atoms with Gasteiger partial charge < -0.3 is 19.7 Å². The van der Waals surface area contributed by atoms with Crippen molar-refractivity contribution in [1.29, 1.82) is 0 Å². The molecule has 0 bridgehead atoms. The monoisotopic (exact) mass is 364 g/mol. The number of nitrogens with one attached hydrogen (secondary N) is 1. The Morgan fingerprint density at radius 2 is 1.81 bits per heavy atom. The fourth-order valence-electron chi connectivity index (χ4n) is 2.46. The van der Waals surface area contributed by atoms with E-state index in [1.165, 1.54) is 0 Å². The highest BCUT2D eigenvalue weighted by Crippen LogP contribution is 2.15. The second-order valence-electron chi connectivity index (χ2n) is 6.46. The zero-order valence-electron chi connectivity index (χ0n) is 16.6. The average Bonchev–Trinajstić information content (AvgIpc) is 2.64. The summed E-state index contributed by atoms with van der Waals surface area (Å²) in [6.07, 6.45) is 1.29. The summed E-state index contributed by atoms with van der Waals surface area (Å²) in [5.41, 5.74) is 0.956. The van der Waals surface area contributed by atoms with Crippen LogP contribution in [0.2, 0.25) is 0 Å². The van der Waals surface area contributed by atoms with Gasteiger partial charge in [-0.3, -0.25) is 9.59 Å². The highest BCUT2D eigenvalue weighted by Gasteiger charge is 2.24. The maximum atomic E-state index is 12.4. The molecule has 2 amide bonds. The summed E-state index contributed by atoms with van der Waals surface area (Å²) >= 11 is 0. The molecule has 1 N–H and O–H groups in total. The number of hydrogen-bond acceptors (Lipinski definition) is 4. The lowest BCUT2D eigenvalue weighted by Crippen LogP contribution is -2.47. The summed E-state index contributed by atoms with van der Waals surface area (Å²) in [5, 5.41) is 2.89. The predicted octanol–water partition coefficient (Wildman–Crippen LogP) is 2.75. The first-order valence-corrected chi connectivity index (χ1v) is 9.20. The summed E-state index contributed by atoms with van der Waals surface area (Å²) in [5.74, 6) is 0.563. The SMILES string of the molecule is CCC(=O)N(Cc1ccc(OC)cc1)[C@H](C)C(=O)NCCCOC(C)C. The second-order valence-corrected chi connectivity index (χ2v) is 6.46. The predicted molar refractivity (Wildman–Crippen MR) is 102 cm³/mol. The van der Waals surface area contributed by atoms with Crippen LogP contribution in [0.5, 0.6) is 5.75 Å². The Labute approximate surface area is 156 Å². The second kappa shape index (κ2) is 11.5. The van der Waals surface area contributed by atoms with E-state index < -0.39 is 6.04 Å². The van der Waals surface area contributed by atoms with Crippen molar-refractivity contribution in [2.45, 2.75) is 59.2 Å². The van der Waals surface area contributed by atoms with Crippen molar-refractivity contribution < 1.29 is 19.1 Å². The molecule has 0 aromatic heterocycles. The van der Waals surface area contributed by atoms with Crippen LogP contribution in [0, 0.1) is 0 Å². The molecule has 6 heteroatoms. The Kier molecular flexibility index (Phi) is 9.73. The smallest absolute Gasteiger partial charge is 0.242 e. The van der Waals surface area contributed by atoms with Gasteiger partial charge in [-0.2, -0.15) is 0 Å². The summed E-state index contributed by atoms with van der Waals surface area (Å²) in [6.45, 7) is 9.06. The number of amides is 2. The van der Waals surface area contributed by atoms with E-state index in [-0.39, 0.29) is 17.9 Å². The lowest BCUT2D eigenvalue weighted by Gasteiger charge is -2.28. The number of benzene rings is 1. The standard InChI is InChI=1S/C20H32N2O4/c1-6-19(23)22(14-17-8-10-18(25-5)11-9-17)16(4)20(24)21-12-7-13-26-15(2)3/h8-11,15-16H,6-7,12-14H2,1-5H3,(H,21,24)/t16-/m1/s1. The van der Waals surface area contributed by atoms with Crippen LogP contribution in [0.1, 0.15) is 46.1 Å². The molecule has 0 saturated heterocycles. The highest BCUT2D eigenvalue weighted by molar-refractivity contribution is 5.87. The van der Waals surface area contributed by atoms with E-state index in [1.807, 2.05) is 38.1 Å². The van der Waals surface area contributed by atoms with Gasteiger partial charge in [0.15, 0.2) is 0 Å². The third-order valence-electron chi connectivity index (χ3n) is 4.05. The normalized spacial score (nSPS) is 11.9. The molecular weight excluding hydrogens is 332 g/mol. The lowest BCUT2D eigenvalue weighted by atomic mass is 10.1. The molecule has 0 radical (unpaired) electrons. The van der Waals surface area contributed by atoms with Crippen LogP contribution in [0.4, 0.5) is 0 Å². The Morgan fingerprint density at radius 3 is 2.35 bits per heavy atom. The number of carbonyl (C=O) groups is 2. The first-order valence-electron chi connectivity index (χ1n) is 9.20. The van der Waals surface area contributed by atoms with E-state index in [9.17, 15) is 9.59 Å². The van der Waals surface area contributed by atoms with Crippen molar-refractivity contribution in [1.82, 2.24) is 10.2 Å². The van der Waals surface area contributed by atoms with Gasteiger partial charge in [0.2, 0.25) is 11.8 Å². The summed E-state index contributed by atoms with van der Waals surface area (Å²) in [7, 11) is 1.61. The van der Waals surface area contributed by atoms with Crippen LogP contribution < -0.4 is 10.1 Å². The zero-order chi connectivity index (χ0) is 19.5. The molecule has 1 rings (SSSR count). The van der Waals surface area contributed by atoms with Gasteiger partial charge >= 0.3 is 0 Å². The van der Waals surface area contributed by atoms with Crippen molar-refractivity contribution in [3.8, 4) is 5.75 Å². The Balaban J connectivity index is 2.62. The van der Waals surface area contributed by atoms with Crippen molar-refractivity contribution in [2.24, 2.45) is 0 Å².